The number of anilines is 1. The van der Waals surface area contributed by atoms with E-state index in [0.717, 1.165) is 9.87 Å². The van der Waals surface area contributed by atoms with Crippen LogP contribution in [0.2, 0.25) is 10.0 Å². The van der Waals surface area contributed by atoms with Gasteiger partial charge in [-0.3, -0.25) is 13.9 Å². The Bertz CT molecular complexity index is 1780. The number of hydrogen-bond acceptors (Lipinski definition) is 5. The molecule has 1 atom stereocenters. The fourth-order valence-corrected chi connectivity index (χ4v) is 6.78. The van der Waals surface area contributed by atoms with Gasteiger partial charge in [0.25, 0.3) is 10.0 Å². The first-order chi connectivity index (χ1) is 22.3. The van der Waals surface area contributed by atoms with Crippen LogP contribution in [-0.4, -0.2) is 49.9 Å². The third-order valence-electron chi connectivity index (χ3n) is 7.15. The van der Waals surface area contributed by atoms with Crippen LogP contribution >= 0.6 is 23.2 Å². The van der Waals surface area contributed by atoms with Gasteiger partial charge >= 0.3 is 0 Å². The van der Waals surface area contributed by atoms with E-state index < -0.39 is 34.1 Å². The third-order valence-corrected chi connectivity index (χ3v) is 9.66. The minimum absolute atomic E-state index is 0.00134. The number of amides is 2. The Morgan fingerprint density at radius 3 is 2.06 bits per heavy atom. The molecule has 4 aromatic carbocycles. The quantitative estimate of drug-likeness (QED) is 0.160. The van der Waals surface area contributed by atoms with E-state index in [1.54, 1.807) is 67.6 Å². The molecule has 0 heterocycles. The summed E-state index contributed by atoms with van der Waals surface area (Å²) in [6.45, 7) is 6.98. The summed E-state index contributed by atoms with van der Waals surface area (Å²) in [5.74, 6) is -0.696. The lowest BCUT2D eigenvalue weighted by Gasteiger charge is -2.35. The van der Waals surface area contributed by atoms with Crippen molar-refractivity contribution in [1.82, 2.24) is 10.2 Å². The van der Waals surface area contributed by atoms with Crippen LogP contribution in [0.1, 0.15) is 38.8 Å². The Kier molecular flexibility index (Phi) is 12.0. The molecule has 0 aliphatic rings. The monoisotopic (exact) mass is 695 g/mol. The molecule has 0 unspecified atom stereocenters. The summed E-state index contributed by atoms with van der Waals surface area (Å²) >= 11 is 12.6. The molecule has 0 radical (unpaired) electrons. The zero-order chi connectivity index (χ0) is 34.2. The lowest BCUT2D eigenvalue weighted by Crippen LogP contribution is -2.56. The van der Waals surface area contributed by atoms with Crippen LogP contribution in [0.15, 0.2) is 108 Å². The van der Waals surface area contributed by atoms with Gasteiger partial charge in [0.05, 0.1) is 27.2 Å². The van der Waals surface area contributed by atoms with E-state index >= 15 is 0 Å². The minimum atomic E-state index is -4.28. The molecule has 0 aromatic heterocycles. The summed E-state index contributed by atoms with van der Waals surface area (Å²) in [5.41, 5.74) is 1.02. The van der Waals surface area contributed by atoms with Gasteiger partial charge in [0.2, 0.25) is 11.8 Å². The Morgan fingerprint density at radius 2 is 1.45 bits per heavy atom. The van der Waals surface area contributed by atoms with Crippen LogP contribution in [0, 0.1) is 0 Å². The summed E-state index contributed by atoms with van der Waals surface area (Å²) in [6.07, 6.45) is 0.177. The van der Waals surface area contributed by atoms with Gasteiger partial charge in [-0.05, 0) is 75.2 Å². The van der Waals surface area contributed by atoms with Crippen LogP contribution in [-0.2, 0) is 32.6 Å². The minimum Gasteiger partial charge on any atom is -0.492 e. The zero-order valence-corrected chi connectivity index (χ0v) is 29.1. The Labute approximate surface area is 287 Å². The average Bonchev–Trinajstić information content (AvgIpc) is 3.03. The van der Waals surface area contributed by atoms with Crippen LogP contribution < -0.4 is 14.4 Å². The fourth-order valence-electron chi connectivity index (χ4n) is 5.02. The Morgan fingerprint density at radius 1 is 0.830 bits per heavy atom. The number of rotatable bonds is 13. The molecule has 0 aliphatic heterocycles. The molecule has 0 saturated carbocycles. The zero-order valence-electron chi connectivity index (χ0n) is 26.8. The normalized spacial score (nSPS) is 12.2. The van der Waals surface area contributed by atoms with Gasteiger partial charge in [-0.1, -0.05) is 89.9 Å². The first kappa shape index (κ1) is 35.8. The highest BCUT2D eigenvalue weighted by molar-refractivity contribution is 7.92. The first-order valence-electron chi connectivity index (χ1n) is 15.2. The van der Waals surface area contributed by atoms with Gasteiger partial charge in [-0.25, -0.2) is 8.42 Å². The van der Waals surface area contributed by atoms with Crippen molar-refractivity contribution < 1.29 is 22.7 Å². The second-order valence-electron chi connectivity index (χ2n) is 11.9. The molecule has 248 valence electrons. The van der Waals surface area contributed by atoms with Crippen LogP contribution in [0.5, 0.6) is 5.75 Å². The average molecular weight is 697 g/mol. The van der Waals surface area contributed by atoms with Gasteiger partial charge < -0.3 is 15.0 Å². The number of carbonyl (C=O) groups is 2. The van der Waals surface area contributed by atoms with Crippen LogP contribution in [0.25, 0.3) is 0 Å². The number of hydrogen-bond donors (Lipinski definition) is 1. The van der Waals surface area contributed by atoms with E-state index in [4.69, 9.17) is 27.9 Å². The highest BCUT2D eigenvalue weighted by Crippen LogP contribution is 2.33. The summed E-state index contributed by atoms with van der Waals surface area (Å²) in [4.78, 5) is 30.1. The predicted octanol–water partition coefficient (Wildman–Crippen LogP) is 7.14. The number of nitrogens with zero attached hydrogens (tertiary/aromatic N) is 2. The molecule has 4 rings (SSSR count). The maximum atomic E-state index is 14.7. The highest BCUT2D eigenvalue weighted by Gasteiger charge is 2.36. The number of ether oxygens (including phenoxy) is 1. The van der Waals surface area contributed by atoms with E-state index in [1.165, 1.54) is 17.0 Å². The number of benzene rings is 4. The van der Waals surface area contributed by atoms with Gasteiger partial charge in [0.15, 0.2) is 0 Å². The van der Waals surface area contributed by atoms with E-state index in [-0.39, 0.29) is 41.1 Å². The Hall–Kier alpha value is -4.05. The van der Waals surface area contributed by atoms with E-state index in [2.05, 4.69) is 5.32 Å². The summed E-state index contributed by atoms with van der Waals surface area (Å²) in [7, 11) is -4.28. The van der Waals surface area contributed by atoms with Crippen molar-refractivity contribution in [3.63, 3.8) is 0 Å². The van der Waals surface area contributed by atoms with Crippen molar-refractivity contribution in [2.45, 2.75) is 57.1 Å². The van der Waals surface area contributed by atoms with Crippen molar-refractivity contribution in [3.05, 3.63) is 124 Å². The summed E-state index contributed by atoms with van der Waals surface area (Å²) in [6, 6.07) is 27.8. The van der Waals surface area contributed by atoms with E-state index in [9.17, 15) is 18.0 Å². The summed E-state index contributed by atoms with van der Waals surface area (Å²) < 4.78 is 35.4. The molecule has 1 N–H and O–H groups in total. The highest BCUT2D eigenvalue weighted by atomic mass is 35.5. The van der Waals surface area contributed by atoms with Crippen molar-refractivity contribution >= 4 is 50.7 Å². The molecule has 2 amide bonds. The maximum absolute atomic E-state index is 14.7. The molecule has 0 spiro atoms. The summed E-state index contributed by atoms with van der Waals surface area (Å²) in [5, 5.41) is 3.64. The van der Waals surface area contributed by atoms with Crippen molar-refractivity contribution in [2.75, 3.05) is 17.5 Å². The molecule has 0 aliphatic carbocycles. The molecule has 47 heavy (non-hydrogen) atoms. The lowest BCUT2D eigenvalue weighted by atomic mass is 10.0. The van der Waals surface area contributed by atoms with Crippen molar-refractivity contribution in [2.24, 2.45) is 0 Å². The largest absolute Gasteiger partial charge is 0.492 e. The van der Waals surface area contributed by atoms with Gasteiger partial charge in [0.1, 0.15) is 18.3 Å². The molecule has 0 bridgehead atoms. The molecule has 0 saturated heterocycles. The number of sulfonamides is 1. The third kappa shape index (κ3) is 9.50. The van der Waals surface area contributed by atoms with Crippen LogP contribution in [0.3, 0.4) is 0 Å². The molecular formula is C36H39Cl2N3O5S. The molecule has 4 aromatic rings. The number of halogens is 2. The smallest absolute Gasteiger partial charge is 0.264 e. The van der Waals surface area contributed by atoms with Crippen LogP contribution in [0.4, 0.5) is 5.69 Å². The number of para-hydroxylation sites is 2. The SMILES string of the molecule is CCOc1ccccc1N(CC(=O)N(Cc1ccc(Cl)c(Cl)c1)[C@H](Cc1ccccc1)C(=O)NC(C)(C)C)S(=O)(=O)c1ccccc1. The molecule has 8 nitrogen and oxygen atoms in total. The first-order valence-corrected chi connectivity index (χ1v) is 17.4. The molecular weight excluding hydrogens is 657 g/mol. The second-order valence-corrected chi connectivity index (χ2v) is 14.6. The van der Waals surface area contributed by atoms with E-state index in [0.29, 0.717) is 16.3 Å². The lowest BCUT2D eigenvalue weighted by molar-refractivity contribution is -0.140. The van der Waals surface area contributed by atoms with Gasteiger partial charge in [-0.15, -0.1) is 0 Å². The molecule has 0 fully saturated rings. The van der Waals surface area contributed by atoms with Crippen molar-refractivity contribution in [1.29, 1.82) is 0 Å². The molecule has 11 heteroatoms. The number of carbonyl (C=O) groups excluding carboxylic acids is 2. The second kappa shape index (κ2) is 15.7. The maximum Gasteiger partial charge on any atom is 0.264 e. The van der Waals surface area contributed by atoms with Gasteiger partial charge in [0, 0.05) is 18.5 Å². The number of nitrogens with one attached hydrogen (secondary N) is 1. The predicted molar refractivity (Wildman–Crippen MR) is 187 cm³/mol. The topological polar surface area (TPSA) is 96.0 Å². The standard InChI is InChI=1S/C36H39Cl2N3O5S/c1-5-46-33-19-13-12-18-31(33)41(47(44,45)28-16-10-7-11-17-28)25-34(42)40(24-27-20-21-29(37)30(38)22-27)32(35(43)39-36(2,3)4)23-26-14-8-6-9-15-26/h6-22,32H,5,23-25H2,1-4H3,(H,39,43)/t32-/m1/s1. The Balaban J connectivity index is 1.86. The fraction of sp³-hybridized carbons (Fsp3) is 0.278. The van der Waals surface area contributed by atoms with Gasteiger partial charge in [-0.2, -0.15) is 0 Å². The van der Waals surface area contributed by atoms with E-state index in [1.807, 2.05) is 51.1 Å². The van der Waals surface area contributed by atoms with Crippen molar-refractivity contribution in [3.8, 4) is 5.75 Å².